The van der Waals surface area contributed by atoms with Crippen molar-refractivity contribution < 1.29 is 33.5 Å². The number of hydrogen-bond donors (Lipinski definition) is 2. The fourth-order valence-electron chi connectivity index (χ4n) is 23.3. The van der Waals surface area contributed by atoms with E-state index >= 15 is 0 Å². The first kappa shape index (κ1) is 58.4. The summed E-state index contributed by atoms with van der Waals surface area (Å²) in [5.41, 5.74) is 21.4. The maximum atomic E-state index is 10.3. The highest BCUT2D eigenvalue weighted by Gasteiger charge is 2.68. The fourth-order valence-corrected chi connectivity index (χ4v) is 23.3. The van der Waals surface area contributed by atoms with Gasteiger partial charge in [-0.05, 0) is 244 Å². The van der Waals surface area contributed by atoms with Crippen LogP contribution in [0.15, 0.2) is 41.6 Å². The zero-order chi connectivity index (χ0) is 55.4. The monoisotopic (exact) mass is 1070 g/mol. The fraction of sp³-hybridized carbons (Fsp3) is 0.909. The van der Waals surface area contributed by atoms with Gasteiger partial charge in [0.05, 0.1) is 42.7 Å². The summed E-state index contributed by atoms with van der Waals surface area (Å²) in [4.78, 5) is 3.10. The molecule has 0 bridgehead atoms. The zero-order valence-electron chi connectivity index (χ0n) is 50.4. The number of ether oxygens (including phenoxy) is 6. The molecule has 0 amide bonds. The lowest BCUT2D eigenvalue weighted by atomic mass is 9.43. The van der Waals surface area contributed by atoms with E-state index in [0.29, 0.717) is 82.0 Å². The van der Waals surface area contributed by atoms with Crippen molar-refractivity contribution >= 4 is 0 Å². The Hall–Kier alpha value is -1.79. The number of fused-ring (bicyclic) bond motifs is 15. The predicted octanol–water partition coefficient (Wildman–Crippen LogP) is 13.9. The molecule has 0 aromatic carbocycles. The summed E-state index contributed by atoms with van der Waals surface area (Å²) in [5, 5.41) is 14.4. The van der Waals surface area contributed by atoms with Gasteiger partial charge in [0.25, 0.3) is 0 Å². The van der Waals surface area contributed by atoms with Gasteiger partial charge in [-0.1, -0.05) is 83.1 Å². The Morgan fingerprint density at radius 2 is 0.779 bits per heavy atom. The normalized spacial score (nSPS) is 54.1. The molecule has 12 rings (SSSR count). The molecule has 0 heterocycles. The number of aliphatic hydroxyl groups is 1. The van der Waals surface area contributed by atoms with Crippen molar-refractivity contribution in [3.05, 3.63) is 46.9 Å². The minimum Gasteiger partial charge on any atom is -0.393 e. The summed E-state index contributed by atoms with van der Waals surface area (Å²) in [5.74, 6) is 7.14. The Bertz CT molecular complexity index is 2140. The third-order valence-corrected chi connectivity index (χ3v) is 27.8. The van der Waals surface area contributed by atoms with Gasteiger partial charge >= 0.3 is 0 Å². The second-order valence-corrected chi connectivity index (χ2v) is 29.8. The van der Waals surface area contributed by atoms with Gasteiger partial charge in [0.1, 0.15) is 0 Å². The molecule has 3 N–H and O–H groups in total. The summed E-state index contributed by atoms with van der Waals surface area (Å²) >= 11 is 0. The van der Waals surface area contributed by atoms with Crippen LogP contribution in [0.3, 0.4) is 0 Å². The lowest BCUT2D eigenvalue weighted by molar-refractivity contribution is -0.232. The Labute approximate surface area is 466 Å². The smallest absolute Gasteiger partial charge is 0.0870 e. The van der Waals surface area contributed by atoms with E-state index in [1.54, 1.807) is 0 Å². The molecule has 12 aliphatic rings. The molecule has 12 aliphatic carbocycles. The van der Waals surface area contributed by atoms with E-state index in [9.17, 15) is 5.11 Å². The first-order valence-corrected chi connectivity index (χ1v) is 31.3. The Balaban J connectivity index is 0.000000131. The number of nitrogens with zero attached hydrogens (tertiary/aromatic N) is 3. The molecular formula is C66H108N4O7. The highest BCUT2D eigenvalue weighted by Crippen LogP contribution is 2.71. The first-order chi connectivity index (χ1) is 36.6. The van der Waals surface area contributed by atoms with Gasteiger partial charge in [0, 0.05) is 59.7 Å². The zero-order valence-corrected chi connectivity index (χ0v) is 50.4. The largest absolute Gasteiger partial charge is 0.393 e. The Morgan fingerprint density at radius 3 is 1.14 bits per heavy atom. The van der Waals surface area contributed by atoms with Crippen LogP contribution in [0, 0.1) is 104 Å². The summed E-state index contributed by atoms with van der Waals surface area (Å²) < 4.78 is 36.9. The second kappa shape index (κ2) is 21.8. The quantitative estimate of drug-likeness (QED) is 0.111. The van der Waals surface area contributed by atoms with Crippen LogP contribution in [-0.2, 0) is 28.4 Å². The number of aliphatic hydroxyl groups excluding tert-OH is 1. The SMILES string of the molecule is C=C1CCC2C3C(CC[C@]12C)[C@@]1(C)CC[C@@H](N)CC1[C@@H](OC)[C@@H]3OC.C=C1CCC2C3C(CC[C@]12C)[C@@]1(C)CC[C@H](N=[N+]=[N-])CC1[C@@H](OC)[C@@H]3OC.C=C1CCC2C3C(CC[C@]12C)[C@@]1(C)CC[C@H](O)CC1[C@@H](OC)[C@@H]3OC. The maximum absolute atomic E-state index is 10.3. The first-order valence-electron chi connectivity index (χ1n) is 31.3. The van der Waals surface area contributed by atoms with Crippen molar-refractivity contribution in [2.75, 3.05) is 42.7 Å². The number of methoxy groups -OCH3 is 6. The van der Waals surface area contributed by atoms with Crippen LogP contribution in [-0.4, -0.2) is 103 Å². The molecule has 12 fully saturated rings. The van der Waals surface area contributed by atoms with Crippen molar-refractivity contribution in [1.29, 1.82) is 0 Å². The molecule has 0 aromatic heterocycles. The molecule has 0 spiro atoms. The molecule has 0 aliphatic heterocycles. The predicted molar refractivity (Wildman–Crippen MR) is 307 cm³/mol. The third-order valence-electron chi connectivity index (χ3n) is 27.8. The number of rotatable bonds is 7. The van der Waals surface area contributed by atoms with Crippen LogP contribution < -0.4 is 5.73 Å². The van der Waals surface area contributed by atoms with Crippen LogP contribution in [0.25, 0.3) is 10.4 Å². The third kappa shape index (κ3) is 8.93. The minimum atomic E-state index is -0.176. The number of nitrogens with two attached hydrogens (primary N) is 1. The van der Waals surface area contributed by atoms with Gasteiger partial charge in [-0.2, -0.15) is 0 Å². The van der Waals surface area contributed by atoms with E-state index in [-0.39, 0.29) is 70.4 Å². The Morgan fingerprint density at radius 1 is 0.442 bits per heavy atom. The Kier molecular flexibility index (Phi) is 16.5. The van der Waals surface area contributed by atoms with Crippen LogP contribution in [0.2, 0.25) is 0 Å². The summed E-state index contributed by atoms with van der Waals surface area (Å²) in [6.07, 6.45) is 25.2. The van der Waals surface area contributed by atoms with E-state index in [1.165, 1.54) is 100 Å². The van der Waals surface area contributed by atoms with E-state index in [4.69, 9.17) is 39.7 Å². The lowest BCUT2D eigenvalue weighted by Gasteiger charge is -2.64. The van der Waals surface area contributed by atoms with Gasteiger partial charge in [-0.3, -0.25) is 0 Å². The van der Waals surface area contributed by atoms with Crippen LogP contribution in [0.5, 0.6) is 0 Å². The van der Waals surface area contributed by atoms with Crippen molar-refractivity contribution in [2.24, 2.45) is 114 Å². The molecular weight excluding hydrogens is 961 g/mol. The topological polar surface area (TPSA) is 150 Å². The molecule has 77 heavy (non-hydrogen) atoms. The number of azide groups is 1. The van der Waals surface area contributed by atoms with E-state index < -0.39 is 0 Å². The van der Waals surface area contributed by atoms with Gasteiger partial charge < -0.3 is 39.3 Å². The van der Waals surface area contributed by atoms with Crippen molar-refractivity contribution in [3.8, 4) is 0 Å². The van der Waals surface area contributed by atoms with Crippen LogP contribution in [0.4, 0.5) is 0 Å². The van der Waals surface area contributed by atoms with E-state index in [2.05, 4.69) is 71.3 Å². The van der Waals surface area contributed by atoms with Crippen molar-refractivity contribution in [3.63, 3.8) is 0 Å². The summed E-state index contributed by atoms with van der Waals surface area (Å²) in [6.45, 7) is 28.3. The van der Waals surface area contributed by atoms with Gasteiger partial charge in [0.15, 0.2) is 0 Å². The molecule has 11 heteroatoms. The lowest BCUT2D eigenvalue weighted by Crippen LogP contribution is -2.65. The van der Waals surface area contributed by atoms with Gasteiger partial charge in [-0.15, -0.1) is 0 Å². The summed E-state index contributed by atoms with van der Waals surface area (Å²) in [7, 11) is 11.2. The summed E-state index contributed by atoms with van der Waals surface area (Å²) in [6, 6.07) is 0.421. The minimum absolute atomic E-state index is 0.0779. The highest BCUT2D eigenvalue weighted by atomic mass is 16.5. The van der Waals surface area contributed by atoms with Gasteiger partial charge in [0.2, 0.25) is 0 Å². The second-order valence-electron chi connectivity index (χ2n) is 29.8. The molecule has 27 atom stereocenters. The van der Waals surface area contributed by atoms with E-state index in [1.807, 2.05) is 42.7 Å². The highest BCUT2D eigenvalue weighted by molar-refractivity contribution is 5.26. The molecule has 11 nitrogen and oxygen atoms in total. The average molecular weight is 1070 g/mol. The molecule has 0 radical (unpaired) electrons. The molecule has 0 saturated heterocycles. The molecule has 434 valence electrons. The molecule has 0 aromatic rings. The maximum Gasteiger partial charge on any atom is 0.0870 e. The molecule has 12 unspecified atom stereocenters. The number of allylic oxidation sites excluding steroid dienone is 3. The van der Waals surface area contributed by atoms with Crippen LogP contribution in [0.1, 0.15) is 176 Å². The van der Waals surface area contributed by atoms with Crippen molar-refractivity contribution in [1.82, 2.24) is 0 Å². The molecule has 12 saturated carbocycles. The number of hydrogen-bond acceptors (Lipinski definition) is 9. The standard InChI is InChI=1S/C22H35N3O2.C22H37NO2.C22H36O3/c1-13-6-7-15-18-16(9-11-21(13,15)2)22(3)10-8-14(24-25-23)12-17(22)19(26-4)20(18)27-5;2*1-13-6-7-15-18-16(9-11-21(13,15)2)22(3)10-8-14(23)12-17(22)19(24-4)20(18)25-5/h14-20H,1,6-12H2,2-5H3;14-20H,1,6-12,23H2,2-5H3;14-20,23H,1,6-12H2,2-5H3/t14-,15?,16?,17?,18?,19+,20+,21+,22+;14-,15?,16?,17?,18?,19-,20-,21-,22-;14-,15?,16?,17?,18?,19+,20+,21+,22+/m010/s1. The van der Waals surface area contributed by atoms with Crippen molar-refractivity contribution in [2.45, 2.75) is 231 Å². The van der Waals surface area contributed by atoms with E-state index in [0.717, 1.165) is 57.3 Å². The average Bonchev–Trinajstić information content (AvgIpc) is 4.13. The van der Waals surface area contributed by atoms with Crippen LogP contribution >= 0.6 is 0 Å². The van der Waals surface area contributed by atoms with Gasteiger partial charge in [-0.25, -0.2) is 0 Å².